The molecule has 1 aliphatic heterocycles. The van der Waals surface area contributed by atoms with Gasteiger partial charge in [-0.15, -0.1) is 0 Å². The van der Waals surface area contributed by atoms with Crippen molar-refractivity contribution in [2.75, 3.05) is 7.05 Å². The molecule has 1 amide bonds. The number of hydrogen-bond donors (Lipinski definition) is 1. The monoisotopic (exact) mass is 432 g/mol. The van der Waals surface area contributed by atoms with E-state index in [2.05, 4.69) is 10.5 Å². The molecule has 2 aromatic rings. The van der Waals surface area contributed by atoms with E-state index in [0.29, 0.717) is 22.0 Å². The summed E-state index contributed by atoms with van der Waals surface area (Å²) in [6.07, 6.45) is 0.905. The molecule has 0 saturated carbocycles. The number of amides is 1. The highest BCUT2D eigenvalue weighted by atomic mass is 35.5. The Balaban J connectivity index is 1.76. The minimum absolute atomic E-state index is 0.0549. The van der Waals surface area contributed by atoms with Gasteiger partial charge in [-0.25, -0.2) is 0 Å². The molecule has 3 rings (SSSR count). The second-order valence-electron chi connectivity index (χ2n) is 7.32. The molecule has 1 unspecified atom stereocenters. The minimum Gasteiger partial charge on any atom is -0.384 e. The smallest absolute Gasteiger partial charge is 0.220 e. The second kappa shape index (κ2) is 8.56. The zero-order valence-electron chi connectivity index (χ0n) is 16.5. The number of nitrogens with one attached hydrogen (secondary N) is 1. The van der Waals surface area contributed by atoms with Gasteiger partial charge in [-0.05, 0) is 49.2 Å². The Labute approximate surface area is 180 Å². The Morgan fingerprint density at radius 1 is 1.14 bits per heavy atom. The normalized spacial score (nSPS) is 18.2. The van der Waals surface area contributed by atoms with E-state index in [0.717, 1.165) is 22.4 Å². The molecule has 2 aromatic carbocycles. The summed E-state index contributed by atoms with van der Waals surface area (Å²) < 4.78 is 0. The number of nitrogens with zero attached hydrogens (tertiary/aromatic N) is 1. The van der Waals surface area contributed by atoms with Gasteiger partial charge in [-0.2, -0.15) is 0 Å². The number of benzene rings is 2. The molecule has 0 fully saturated rings. The summed E-state index contributed by atoms with van der Waals surface area (Å²) in [6.45, 7) is 3.82. The van der Waals surface area contributed by atoms with E-state index in [1.54, 1.807) is 19.2 Å². The first-order chi connectivity index (χ1) is 13.7. The fourth-order valence-electron chi connectivity index (χ4n) is 3.35. The molecule has 7 heteroatoms. The predicted molar refractivity (Wildman–Crippen MR) is 115 cm³/mol. The quantitative estimate of drug-likeness (QED) is 0.649. The molecule has 1 heterocycles. The SMILES string of the molecule is CNC(=O)CCC(=O)c1ccc(C2=NOC(C)(c3cc(Cl)cc(Cl)c3)C2)cc1C. The molecular formula is C22H22Cl2N2O3. The third-order valence-electron chi connectivity index (χ3n) is 5.05. The average Bonchev–Trinajstić information content (AvgIpc) is 3.08. The summed E-state index contributed by atoms with van der Waals surface area (Å²) in [5.74, 6) is -0.203. The number of aryl methyl sites for hydroxylation is 1. The molecule has 0 aromatic heterocycles. The first kappa shape index (κ1) is 21.3. The maximum absolute atomic E-state index is 12.4. The van der Waals surface area contributed by atoms with Gasteiger partial charge in [0.05, 0.1) is 5.71 Å². The Morgan fingerprint density at radius 3 is 2.45 bits per heavy atom. The Kier molecular flexibility index (Phi) is 6.30. The van der Waals surface area contributed by atoms with Gasteiger partial charge in [0.2, 0.25) is 5.91 Å². The van der Waals surface area contributed by atoms with Crippen molar-refractivity contribution in [1.29, 1.82) is 0 Å². The van der Waals surface area contributed by atoms with Crippen LogP contribution in [0, 0.1) is 6.92 Å². The number of Topliss-reactive ketones (excluding diaryl/α,β-unsaturated/α-hetero) is 1. The second-order valence-corrected chi connectivity index (χ2v) is 8.19. The van der Waals surface area contributed by atoms with Gasteiger partial charge in [-0.1, -0.05) is 40.5 Å². The van der Waals surface area contributed by atoms with Gasteiger partial charge < -0.3 is 10.2 Å². The molecule has 29 heavy (non-hydrogen) atoms. The van der Waals surface area contributed by atoms with Crippen LogP contribution in [-0.4, -0.2) is 24.4 Å². The lowest BCUT2D eigenvalue weighted by Gasteiger charge is -2.22. The summed E-state index contributed by atoms with van der Waals surface area (Å²) in [5.41, 5.74) is 3.32. The zero-order chi connectivity index (χ0) is 21.2. The van der Waals surface area contributed by atoms with Crippen LogP contribution in [0.25, 0.3) is 0 Å². The van der Waals surface area contributed by atoms with Crippen molar-refractivity contribution in [3.05, 3.63) is 68.7 Å². The van der Waals surface area contributed by atoms with Crippen LogP contribution in [0.15, 0.2) is 41.6 Å². The highest BCUT2D eigenvalue weighted by Crippen LogP contribution is 2.38. The number of halogens is 2. The summed E-state index contributed by atoms with van der Waals surface area (Å²) in [4.78, 5) is 29.5. The van der Waals surface area contributed by atoms with Crippen LogP contribution in [0.5, 0.6) is 0 Å². The highest BCUT2D eigenvalue weighted by Gasteiger charge is 2.37. The van der Waals surface area contributed by atoms with Gasteiger partial charge in [0.1, 0.15) is 0 Å². The number of oxime groups is 1. The lowest BCUT2D eigenvalue weighted by molar-refractivity contribution is -0.120. The Bertz CT molecular complexity index is 983. The summed E-state index contributed by atoms with van der Waals surface area (Å²) in [7, 11) is 1.56. The highest BCUT2D eigenvalue weighted by molar-refractivity contribution is 6.34. The van der Waals surface area contributed by atoms with Crippen LogP contribution in [0.3, 0.4) is 0 Å². The molecule has 0 bridgehead atoms. The maximum Gasteiger partial charge on any atom is 0.220 e. The predicted octanol–water partition coefficient (Wildman–Crippen LogP) is 5.05. The molecular weight excluding hydrogens is 411 g/mol. The first-order valence-electron chi connectivity index (χ1n) is 9.28. The van der Waals surface area contributed by atoms with Crippen LogP contribution in [0.2, 0.25) is 10.0 Å². The summed E-state index contributed by atoms with van der Waals surface area (Å²) in [5, 5.41) is 7.88. The van der Waals surface area contributed by atoms with E-state index < -0.39 is 5.60 Å². The van der Waals surface area contributed by atoms with Gasteiger partial charge in [-0.3, -0.25) is 9.59 Å². The largest absolute Gasteiger partial charge is 0.384 e. The summed E-state index contributed by atoms with van der Waals surface area (Å²) >= 11 is 12.3. The van der Waals surface area contributed by atoms with Crippen molar-refractivity contribution in [3.63, 3.8) is 0 Å². The van der Waals surface area contributed by atoms with Crippen LogP contribution in [0.1, 0.15) is 53.2 Å². The van der Waals surface area contributed by atoms with Crippen LogP contribution in [0.4, 0.5) is 0 Å². The van der Waals surface area contributed by atoms with E-state index in [1.165, 1.54) is 0 Å². The van der Waals surface area contributed by atoms with E-state index in [9.17, 15) is 9.59 Å². The van der Waals surface area contributed by atoms with Crippen LogP contribution in [-0.2, 0) is 15.2 Å². The lowest BCUT2D eigenvalue weighted by Crippen LogP contribution is -2.22. The number of hydrogen-bond acceptors (Lipinski definition) is 4. The molecule has 0 aliphatic carbocycles. The van der Waals surface area contributed by atoms with E-state index >= 15 is 0 Å². The van der Waals surface area contributed by atoms with Crippen LogP contribution >= 0.6 is 23.2 Å². The van der Waals surface area contributed by atoms with Gasteiger partial charge in [0.25, 0.3) is 0 Å². The van der Waals surface area contributed by atoms with Gasteiger partial charge >= 0.3 is 0 Å². The van der Waals surface area contributed by atoms with Crippen molar-refractivity contribution in [3.8, 4) is 0 Å². The fraction of sp³-hybridized carbons (Fsp3) is 0.318. The lowest BCUT2D eigenvalue weighted by atomic mass is 9.88. The van der Waals surface area contributed by atoms with Crippen molar-refractivity contribution in [2.45, 2.75) is 38.7 Å². The molecule has 0 saturated heterocycles. The minimum atomic E-state index is -0.667. The summed E-state index contributed by atoms with van der Waals surface area (Å²) in [6, 6.07) is 10.9. The number of rotatable bonds is 6. The van der Waals surface area contributed by atoms with Gasteiger partial charge in [0, 0.05) is 47.5 Å². The van der Waals surface area contributed by atoms with Crippen molar-refractivity contribution < 1.29 is 14.4 Å². The first-order valence-corrected chi connectivity index (χ1v) is 10.0. The van der Waals surface area contributed by atoms with E-state index in [4.69, 9.17) is 28.0 Å². The third-order valence-corrected chi connectivity index (χ3v) is 5.49. The Hall–Kier alpha value is -2.37. The third kappa shape index (κ3) is 4.80. The maximum atomic E-state index is 12.4. The van der Waals surface area contributed by atoms with Crippen LogP contribution < -0.4 is 5.32 Å². The average molecular weight is 433 g/mol. The number of ketones is 1. The topological polar surface area (TPSA) is 67.8 Å². The molecule has 1 aliphatic rings. The number of carbonyl (C=O) groups excluding carboxylic acids is 2. The molecule has 1 atom stereocenters. The Morgan fingerprint density at radius 2 is 1.83 bits per heavy atom. The molecule has 1 N–H and O–H groups in total. The van der Waals surface area contributed by atoms with Crippen molar-refractivity contribution in [2.24, 2.45) is 5.16 Å². The molecule has 5 nitrogen and oxygen atoms in total. The fourth-order valence-corrected chi connectivity index (χ4v) is 3.88. The zero-order valence-corrected chi connectivity index (χ0v) is 18.0. The van der Waals surface area contributed by atoms with E-state index in [1.807, 2.05) is 38.1 Å². The van der Waals surface area contributed by atoms with Gasteiger partial charge in [0.15, 0.2) is 11.4 Å². The van der Waals surface area contributed by atoms with E-state index in [-0.39, 0.29) is 24.5 Å². The van der Waals surface area contributed by atoms with Crippen molar-refractivity contribution >= 4 is 40.6 Å². The molecule has 0 radical (unpaired) electrons. The molecule has 0 spiro atoms. The molecule has 152 valence electrons. The number of carbonyl (C=O) groups is 2. The van der Waals surface area contributed by atoms with Crippen molar-refractivity contribution in [1.82, 2.24) is 5.32 Å². The standard InChI is InChI=1S/C22H22Cl2N2O3/c1-13-8-14(4-5-18(13)20(27)6-7-21(28)25-3)19-12-22(2,29-26-19)15-9-16(23)11-17(24)10-15/h4-5,8-11H,6-7,12H2,1-3H3,(H,25,28).